The predicted octanol–water partition coefficient (Wildman–Crippen LogP) is 2.76. The van der Waals surface area contributed by atoms with E-state index in [4.69, 9.17) is 5.73 Å². The Morgan fingerprint density at radius 2 is 1.74 bits per heavy atom. The van der Waals surface area contributed by atoms with Gasteiger partial charge in [-0.05, 0) is 31.2 Å². The molecule has 120 valence electrons. The summed E-state index contributed by atoms with van der Waals surface area (Å²) in [7, 11) is 0. The molecule has 1 aromatic heterocycles. The number of nitrogens with one attached hydrogen (secondary N) is 1. The van der Waals surface area contributed by atoms with Gasteiger partial charge in [0.15, 0.2) is 0 Å². The van der Waals surface area contributed by atoms with Crippen LogP contribution in [0.5, 0.6) is 0 Å². The number of primary amides is 1. The Hall–Kier alpha value is -2.90. The second-order valence-electron chi connectivity index (χ2n) is 4.69. The van der Waals surface area contributed by atoms with Crippen LogP contribution in [-0.2, 0) is 6.18 Å². The van der Waals surface area contributed by atoms with E-state index in [0.29, 0.717) is 0 Å². The fraction of sp³-hybridized carbons (Fsp3) is 0.133. The molecule has 0 saturated heterocycles. The van der Waals surface area contributed by atoms with E-state index in [9.17, 15) is 22.8 Å². The molecular formula is C15H12F3N3O2. The van der Waals surface area contributed by atoms with Crippen molar-refractivity contribution in [2.24, 2.45) is 5.73 Å². The summed E-state index contributed by atoms with van der Waals surface area (Å²) in [6, 6.07) is 7.80. The molecule has 3 N–H and O–H groups in total. The summed E-state index contributed by atoms with van der Waals surface area (Å²) in [6.07, 6.45) is -4.58. The molecule has 0 aliphatic carbocycles. The van der Waals surface area contributed by atoms with Gasteiger partial charge >= 0.3 is 6.18 Å². The van der Waals surface area contributed by atoms with E-state index in [1.165, 1.54) is 19.1 Å². The maximum Gasteiger partial charge on any atom is 0.433 e. The van der Waals surface area contributed by atoms with E-state index in [0.717, 1.165) is 12.1 Å². The number of para-hydroxylation sites is 1. The molecule has 0 radical (unpaired) electrons. The van der Waals surface area contributed by atoms with Crippen LogP contribution in [0.1, 0.15) is 32.1 Å². The van der Waals surface area contributed by atoms with Gasteiger partial charge in [0.05, 0.1) is 22.5 Å². The average Bonchev–Trinajstić information content (AvgIpc) is 2.46. The zero-order valence-corrected chi connectivity index (χ0v) is 11.9. The number of hydrogen-bond donors (Lipinski definition) is 2. The first-order chi connectivity index (χ1) is 10.7. The van der Waals surface area contributed by atoms with Crippen molar-refractivity contribution >= 4 is 17.5 Å². The summed E-state index contributed by atoms with van der Waals surface area (Å²) in [5, 5.41) is 2.45. The Balaban J connectivity index is 2.31. The van der Waals surface area contributed by atoms with E-state index < -0.39 is 23.7 Å². The highest BCUT2D eigenvalue weighted by Crippen LogP contribution is 2.28. The molecular weight excluding hydrogens is 311 g/mol. The number of halogens is 3. The smallest absolute Gasteiger partial charge is 0.366 e. The minimum absolute atomic E-state index is 0.0303. The number of aryl methyl sites for hydroxylation is 1. The van der Waals surface area contributed by atoms with Crippen LogP contribution in [0, 0.1) is 6.92 Å². The predicted molar refractivity (Wildman–Crippen MR) is 76.9 cm³/mol. The number of benzene rings is 1. The molecule has 2 aromatic rings. The Kier molecular flexibility index (Phi) is 4.35. The van der Waals surface area contributed by atoms with Gasteiger partial charge < -0.3 is 11.1 Å². The van der Waals surface area contributed by atoms with Crippen molar-refractivity contribution in [1.82, 2.24) is 4.98 Å². The van der Waals surface area contributed by atoms with Crippen LogP contribution in [0.25, 0.3) is 0 Å². The Bertz CT molecular complexity index is 773. The van der Waals surface area contributed by atoms with Gasteiger partial charge in [-0.2, -0.15) is 13.2 Å². The third-order valence-corrected chi connectivity index (χ3v) is 3.06. The summed E-state index contributed by atoms with van der Waals surface area (Å²) in [5.74, 6) is -1.42. The molecule has 0 unspecified atom stereocenters. The van der Waals surface area contributed by atoms with Crippen molar-refractivity contribution in [2.75, 3.05) is 5.32 Å². The first kappa shape index (κ1) is 16.5. The quantitative estimate of drug-likeness (QED) is 0.911. The van der Waals surface area contributed by atoms with Crippen molar-refractivity contribution in [1.29, 1.82) is 0 Å². The van der Waals surface area contributed by atoms with Crippen LogP contribution in [-0.4, -0.2) is 16.8 Å². The molecule has 0 saturated carbocycles. The molecule has 8 heteroatoms. The summed E-state index contributed by atoms with van der Waals surface area (Å²) in [5.41, 5.74) is 4.28. The highest BCUT2D eigenvalue weighted by atomic mass is 19.4. The van der Waals surface area contributed by atoms with Gasteiger partial charge in [-0.3, -0.25) is 9.59 Å². The SMILES string of the molecule is Cc1nc(C(F)(F)F)ccc1C(=O)Nc1ccccc1C(N)=O. The molecule has 5 nitrogen and oxygen atoms in total. The zero-order valence-electron chi connectivity index (χ0n) is 11.9. The molecule has 2 rings (SSSR count). The number of rotatable bonds is 3. The lowest BCUT2D eigenvalue weighted by Gasteiger charge is -2.12. The van der Waals surface area contributed by atoms with Gasteiger partial charge in [0.25, 0.3) is 11.8 Å². The maximum atomic E-state index is 12.6. The lowest BCUT2D eigenvalue weighted by atomic mass is 10.1. The number of carbonyl (C=O) groups excluding carboxylic acids is 2. The molecule has 0 spiro atoms. The van der Waals surface area contributed by atoms with Crippen LogP contribution in [0.15, 0.2) is 36.4 Å². The van der Waals surface area contributed by atoms with Crippen LogP contribution < -0.4 is 11.1 Å². The number of alkyl halides is 3. The lowest BCUT2D eigenvalue weighted by Crippen LogP contribution is -2.20. The first-order valence-electron chi connectivity index (χ1n) is 6.45. The number of aromatic nitrogens is 1. The highest BCUT2D eigenvalue weighted by Gasteiger charge is 2.33. The number of carbonyl (C=O) groups is 2. The summed E-state index contributed by atoms with van der Waals surface area (Å²) >= 11 is 0. The van der Waals surface area contributed by atoms with E-state index >= 15 is 0 Å². The van der Waals surface area contributed by atoms with Crippen molar-refractivity contribution in [2.45, 2.75) is 13.1 Å². The molecule has 0 atom stereocenters. The largest absolute Gasteiger partial charge is 0.433 e. The Morgan fingerprint density at radius 1 is 1.09 bits per heavy atom. The standard InChI is InChI=1S/C15H12F3N3O2/c1-8-9(6-7-12(20-8)15(16,17)18)14(23)21-11-5-3-2-4-10(11)13(19)22/h2-7H,1H3,(H2,19,22)(H,21,23). The van der Waals surface area contributed by atoms with E-state index in [-0.39, 0.29) is 22.5 Å². The average molecular weight is 323 g/mol. The van der Waals surface area contributed by atoms with E-state index in [1.54, 1.807) is 12.1 Å². The van der Waals surface area contributed by atoms with Crippen molar-refractivity contribution < 1.29 is 22.8 Å². The highest BCUT2D eigenvalue weighted by molar-refractivity contribution is 6.09. The second-order valence-corrected chi connectivity index (χ2v) is 4.69. The fourth-order valence-electron chi connectivity index (χ4n) is 1.96. The number of amides is 2. The minimum Gasteiger partial charge on any atom is -0.366 e. The first-order valence-corrected chi connectivity index (χ1v) is 6.45. The van der Waals surface area contributed by atoms with Gasteiger partial charge in [0.2, 0.25) is 0 Å². The molecule has 0 fully saturated rings. The van der Waals surface area contributed by atoms with E-state index in [2.05, 4.69) is 10.3 Å². The second kappa shape index (κ2) is 6.07. The number of nitrogens with two attached hydrogens (primary N) is 1. The summed E-state index contributed by atoms with van der Waals surface area (Å²) in [6.45, 7) is 1.30. The third kappa shape index (κ3) is 3.65. The number of hydrogen-bond acceptors (Lipinski definition) is 3. The molecule has 1 aromatic carbocycles. The number of pyridine rings is 1. The van der Waals surface area contributed by atoms with Gasteiger partial charge in [-0.15, -0.1) is 0 Å². The van der Waals surface area contributed by atoms with Crippen LogP contribution in [0.3, 0.4) is 0 Å². The molecule has 0 aliphatic heterocycles. The summed E-state index contributed by atoms with van der Waals surface area (Å²) in [4.78, 5) is 26.9. The van der Waals surface area contributed by atoms with Crippen molar-refractivity contribution in [3.63, 3.8) is 0 Å². The van der Waals surface area contributed by atoms with Crippen LogP contribution in [0.2, 0.25) is 0 Å². The Morgan fingerprint density at radius 3 is 2.30 bits per heavy atom. The molecule has 2 amide bonds. The minimum atomic E-state index is -4.58. The number of anilines is 1. The van der Waals surface area contributed by atoms with E-state index in [1.807, 2.05) is 0 Å². The lowest BCUT2D eigenvalue weighted by molar-refractivity contribution is -0.141. The molecule has 23 heavy (non-hydrogen) atoms. The van der Waals surface area contributed by atoms with Gasteiger partial charge in [0, 0.05) is 0 Å². The topological polar surface area (TPSA) is 85.1 Å². The fourth-order valence-corrected chi connectivity index (χ4v) is 1.96. The van der Waals surface area contributed by atoms with Gasteiger partial charge in [0.1, 0.15) is 5.69 Å². The van der Waals surface area contributed by atoms with Crippen LogP contribution in [0.4, 0.5) is 18.9 Å². The Labute approximate surface area is 129 Å². The molecule has 0 bridgehead atoms. The molecule has 0 aliphatic rings. The van der Waals surface area contributed by atoms with Crippen molar-refractivity contribution in [3.8, 4) is 0 Å². The monoisotopic (exact) mass is 323 g/mol. The van der Waals surface area contributed by atoms with Gasteiger partial charge in [-0.25, -0.2) is 4.98 Å². The molecule has 1 heterocycles. The van der Waals surface area contributed by atoms with Crippen LogP contribution >= 0.6 is 0 Å². The maximum absolute atomic E-state index is 12.6. The zero-order chi connectivity index (χ0) is 17.2. The normalized spacial score (nSPS) is 11.1. The third-order valence-electron chi connectivity index (χ3n) is 3.06. The van der Waals surface area contributed by atoms with Gasteiger partial charge in [-0.1, -0.05) is 12.1 Å². The number of nitrogens with zero attached hydrogens (tertiary/aromatic N) is 1. The summed E-state index contributed by atoms with van der Waals surface area (Å²) < 4.78 is 37.7. The van der Waals surface area contributed by atoms with Crippen molar-refractivity contribution in [3.05, 3.63) is 58.9 Å².